The number of carbonyl (C=O) groups is 1. The first-order valence-corrected chi connectivity index (χ1v) is 7.30. The summed E-state index contributed by atoms with van der Waals surface area (Å²) in [6.45, 7) is 2.00. The molecular formula is C12H8BrClFNO2S. The van der Waals surface area contributed by atoms with Gasteiger partial charge >= 0.3 is 5.97 Å². The molecule has 100 valence electrons. The fourth-order valence-electron chi connectivity index (χ4n) is 1.47. The van der Waals surface area contributed by atoms with E-state index in [1.54, 1.807) is 6.92 Å². The van der Waals surface area contributed by atoms with E-state index in [0.29, 0.717) is 20.1 Å². The maximum atomic E-state index is 13.1. The van der Waals surface area contributed by atoms with Crippen molar-refractivity contribution in [3.05, 3.63) is 37.8 Å². The van der Waals surface area contributed by atoms with Crippen LogP contribution in [0.1, 0.15) is 16.6 Å². The molecule has 0 bridgehead atoms. The average molecular weight is 365 g/mol. The van der Waals surface area contributed by atoms with Crippen molar-refractivity contribution < 1.29 is 13.9 Å². The number of halogens is 3. The minimum Gasteiger partial charge on any atom is -0.462 e. The Morgan fingerprint density at radius 3 is 2.95 bits per heavy atom. The van der Waals surface area contributed by atoms with Gasteiger partial charge in [0, 0.05) is 5.56 Å². The fourth-order valence-corrected chi connectivity index (χ4v) is 3.02. The number of thiazole rings is 1. The first kappa shape index (κ1) is 14.4. The van der Waals surface area contributed by atoms with E-state index < -0.39 is 11.8 Å². The lowest BCUT2D eigenvalue weighted by Gasteiger charge is -2.03. The van der Waals surface area contributed by atoms with Crippen LogP contribution in [0.2, 0.25) is 5.02 Å². The first-order valence-electron chi connectivity index (χ1n) is 5.31. The largest absolute Gasteiger partial charge is 0.462 e. The summed E-state index contributed by atoms with van der Waals surface area (Å²) in [6.07, 6.45) is 0. The van der Waals surface area contributed by atoms with Crippen molar-refractivity contribution in [3.63, 3.8) is 0 Å². The van der Waals surface area contributed by atoms with E-state index in [-0.39, 0.29) is 11.6 Å². The van der Waals surface area contributed by atoms with Gasteiger partial charge in [-0.1, -0.05) is 22.9 Å². The second-order valence-electron chi connectivity index (χ2n) is 3.49. The minimum atomic E-state index is -0.516. The van der Waals surface area contributed by atoms with E-state index in [1.807, 2.05) is 0 Å². The van der Waals surface area contributed by atoms with Crippen molar-refractivity contribution in [3.8, 4) is 11.3 Å². The minimum absolute atomic E-state index is 0.0172. The fraction of sp³-hybridized carbons (Fsp3) is 0.167. The van der Waals surface area contributed by atoms with Crippen LogP contribution < -0.4 is 0 Å². The van der Waals surface area contributed by atoms with Gasteiger partial charge in [0.2, 0.25) is 0 Å². The molecule has 7 heteroatoms. The normalized spacial score (nSPS) is 10.5. The quantitative estimate of drug-likeness (QED) is 0.751. The number of ether oxygens (including phenoxy) is 1. The second-order valence-corrected chi connectivity index (χ2v) is 6.18. The molecule has 2 aromatic rings. The number of aromatic nitrogens is 1. The predicted molar refractivity (Wildman–Crippen MR) is 76.2 cm³/mol. The molecule has 0 atom stereocenters. The zero-order valence-corrected chi connectivity index (χ0v) is 12.9. The zero-order chi connectivity index (χ0) is 14.0. The summed E-state index contributed by atoms with van der Waals surface area (Å²) in [6, 6.07) is 4.19. The van der Waals surface area contributed by atoms with E-state index >= 15 is 0 Å². The van der Waals surface area contributed by atoms with Crippen LogP contribution in [0.3, 0.4) is 0 Å². The molecule has 0 radical (unpaired) electrons. The molecule has 0 aliphatic rings. The Labute approximate surface area is 126 Å². The maximum absolute atomic E-state index is 13.1. The molecule has 0 aliphatic heterocycles. The van der Waals surface area contributed by atoms with Crippen molar-refractivity contribution in [2.24, 2.45) is 0 Å². The molecule has 0 saturated carbocycles. The van der Waals surface area contributed by atoms with Crippen LogP contribution in [0.25, 0.3) is 11.3 Å². The van der Waals surface area contributed by atoms with E-state index in [4.69, 9.17) is 16.3 Å². The maximum Gasteiger partial charge on any atom is 0.350 e. The number of hydrogen-bond acceptors (Lipinski definition) is 4. The van der Waals surface area contributed by atoms with Gasteiger partial charge in [0.1, 0.15) is 10.7 Å². The van der Waals surface area contributed by atoms with Gasteiger partial charge in [-0.3, -0.25) is 0 Å². The van der Waals surface area contributed by atoms with Gasteiger partial charge in [-0.25, -0.2) is 14.2 Å². The lowest BCUT2D eigenvalue weighted by atomic mass is 10.1. The monoisotopic (exact) mass is 363 g/mol. The molecule has 0 saturated heterocycles. The van der Waals surface area contributed by atoms with Gasteiger partial charge in [-0.2, -0.15) is 0 Å². The van der Waals surface area contributed by atoms with Crippen molar-refractivity contribution >= 4 is 44.8 Å². The smallest absolute Gasteiger partial charge is 0.350 e. The molecule has 1 aromatic carbocycles. The van der Waals surface area contributed by atoms with E-state index in [2.05, 4.69) is 20.9 Å². The number of rotatable bonds is 3. The summed E-state index contributed by atoms with van der Waals surface area (Å²) in [5, 5.41) is -0.0172. The number of hydrogen-bond donors (Lipinski definition) is 0. The molecule has 3 nitrogen and oxygen atoms in total. The molecule has 0 aliphatic carbocycles. The van der Waals surface area contributed by atoms with Crippen LogP contribution in [-0.2, 0) is 4.74 Å². The molecular weight excluding hydrogens is 357 g/mol. The molecule has 19 heavy (non-hydrogen) atoms. The highest BCUT2D eigenvalue weighted by molar-refractivity contribution is 9.11. The van der Waals surface area contributed by atoms with Gasteiger partial charge < -0.3 is 4.74 Å². The third kappa shape index (κ3) is 3.13. The Hall–Kier alpha value is -0.980. The highest BCUT2D eigenvalue weighted by atomic mass is 79.9. The van der Waals surface area contributed by atoms with Gasteiger partial charge in [-0.15, -0.1) is 0 Å². The topological polar surface area (TPSA) is 39.2 Å². The van der Waals surface area contributed by atoms with Gasteiger partial charge in [0.15, 0.2) is 3.92 Å². The Bertz CT molecular complexity index is 632. The predicted octanol–water partition coefficient (Wildman–Crippen LogP) is 4.54. The molecule has 2 rings (SSSR count). The molecule has 0 amide bonds. The first-order chi connectivity index (χ1) is 9.02. The van der Waals surface area contributed by atoms with Crippen LogP contribution in [0.5, 0.6) is 0 Å². The molecule has 0 spiro atoms. The van der Waals surface area contributed by atoms with E-state index in [0.717, 1.165) is 11.3 Å². The Morgan fingerprint density at radius 1 is 1.58 bits per heavy atom. The number of carbonyl (C=O) groups excluding carboxylic acids is 1. The molecule has 0 unspecified atom stereocenters. The summed E-state index contributed by atoms with van der Waals surface area (Å²) < 4.78 is 18.7. The molecule has 0 N–H and O–H groups in total. The summed E-state index contributed by atoms with van der Waals surface area (Å²) in [4.78, 5) is 16.4. The van der Waals surface area contributed by atoms with Crippen LogP contribution in [-0.4, -0.2) is 17.6 Å². The van der Waals surface area contributed by atoms with Crippen molar-refractivity contribution in [2.45, 2.75) is 6.92 Å². The van der Waals surface area contributed by atoms with Crippen molar-refractivity contribution in [2.75, 3.05) is 6.61 Å². The third-order valence-corrected chi connectivity index (χ3v) is 4.03. The summed E-state index contributed by atoms with van der Waals surface area (Å²) >= 11 is 10.1. The molecule has 1 aromatic heterocycles. The summed E-state index contributed by atoms with van der Waals surface area (Å²) in [7, 11) is 0. The lowest BCUT2D eigenvalue weighted by Crippen LogP contribution is -2.04. The van der Waals surface area contributed by atoms with E-state index in [1.165, 1.54) is 18.2 Å². The summed E-state index contributed by atoms with van der Waals surface area (Å²) in [5.74, 6) is -0.974. The average Bonchev–Trinajstić information content (AvgIpc) is 2.75. The number of benzene rings is 1. The van der Waals surface area contributed by atoms with Crippen LogP contribution >= 0.6 is 38.9 Å². The highest BCUT2D eigenvalue weighted by Gasteiger charge is 2.20. The zero-order valence-electron chi connectivity index (χ0n) is 9.75. The summed E-state index contributed by atoms with van der Waals surface area (Å²) in [5.41, 5.74) is 0.994. The highest BCUT2D eigenvalue weighted by Crippen LogP contribution is 2.33. The Kier molecular flexibility index (Phi) is 4.54. The van der Waals surface area contributed by atoms with Crippen molar-refractivity contribution in [1.29, 1.82) is 0 Å². The standard InChI is InChI=1S/C12H8BrClFNO2S/c1-2-18-11(17)10-9(16-12(13)19-10)6-3-4-8(15)7(14)5-6/h3-5H,2H2,1H3. The van der Waals surface area contributed by atoms with Crippen LogP contribution in [0.15, 0.2) is 22.1 Å². The second kappa shape index (κ2) is 5.98. The molecule has 1 heterocycles. The van der Waals surface area contributed by atoms with Gasteiger partial charge in [0.05, 0.1) is 17.3 Å². The number of nitrogens with zero attached hydrogens (tertiary/aromatic N) is 1. The van der Waals surface area contributed by atoms with Gasteiger partial charge in [0.25, 0.3) is 0 Å². The van der Waals surface area contributed by atoms with Crippen LogP contribution in [0.4, 0.5) is 4.39 Å². The third-order valence-electron chi connectivity index (χ3n) is 2.25. The number of esters is 1. The lowest BCUT2D eigenvalue weighted by molar-refractivity contribution is 0.0532. The van der Waals surface area contributed by atoms with Crippen molar-refractivity contribution in [1.82, 2.24) is 4.98 Å². The SMILES string of the molecule is CCOC(=O)c1sc(Br)nc1-c1ccc(F)c(Cl)c1. The van der Waals surface area contributed by atoms with Gasteiger partial charge in [-0.05, 0) is 41.1 Å². The van der Waals surface area contributed by atoms with Crippen LogP contribution in [0, 0.1) is 5.82 Å². The Morgan fingerprint density at radius 2 is 2.32 bits per heavy atom. The van der Waals surface area contributed by atoms with E-state index in [9.17, 15) is 9.18 Å². The molecule has 0 fully saturated rings. The Balaban J connectivity index is 2.49.